The summed E-state index contributed by atoms with van der Waals surface area (Å²) in [6.45, 7) is 3.86. The highest BCUT2D eigenvalue weighted by atomic mass is 16.2. The molecule has 0 fully saturated rings. The first-order valence-electron chi connectivity index (χ1n) is 3.95. The highest BCUT2D eigenvalue weighted by Gasteiger charge is 2.20. The fourth-order valence-electron chi connectivity index (χ4n) is 0.741. The van der Waals surface area contributed by atoms with Crippen molar-refractivity contribution in [3.05, 3.63) is 0 Å². The van der Waals surface area contributed by atoms with Gasteiger partial charge in [-0.15, -0.1) is 0 Å². The fourth-order valence-corrected chi connectivity index (χ4v) is 0.741. The minimum absolute atomic E-state index is 0.103. The molecule has 1 unspecified atom stereocenters. The number of nitrogens with two attached hydrogens (primary N) is 1. The van der Waals surface area contributed by atoms with Crippen LogP contribution in [0.3, 0.4) is 0 Å². The Morgan fingerprint density at radius 2 is 2.08 bits per heavy atom. The second kappa shape index (κ2) is 4.87. The van der Waals surface area contributed by atoms with E-state index in [0.29, 0.717) is 6.29 Å². The SMILES string of the molecule is CC(C)C(N)C(=O)N(C)CC=O. The van der Waals surface area contributed by atoms with Gasteiger partial charge >= 0.3 is 0 Å². The predicted molar refractivity (Wildman–Crippen MR) is 46.5 cm³/mol. The largest absolute Gasteiger partial charge is 0.337 e. The van der Waals surface area contributed by atoms with Crippen LogP contribution in [0.2, 0.25) is 0 Å². The Hall–Kier alpha value is -0.900. The number of amides is 1. The van der Waals surface area contributed by atoms with Gasteiger partial charge in [0.25, 0.3) is 0 Å². The van der Waals surface area contributed by atoms with E-state index in [0.717, 1.165) is 0 Å². The number of likely N-dealkylation sites (N-methyl/N-ethyl adjacent to an activating group) is 1. The topological polar surface area (TPSA) is 63.4 Å². The van der Waals surface area contributed by atoms with Crippen molar-refractivity contribution in [1.29, 1.82) is 0 Å². The fraction of sp³-hybridized carbons (Fsp3) is 0.750. The van der Waals surface area contributed by atoms with Crippen LogP contribution in [0.1, 0.15) is 13.8 Å². The van der Waals surface area contributed by atoms with Crippen molar-refractivity contribution in [2.24, 2.45) is 11.7 Å². The second-order valence-electron chi connectivity index (χ2n) is 3.16. The summed E-state index contributed by atoms with van der Waals surface area (Å²) in [6.07, 6.45) is 0.685. The van der Waals surface area contributed by atoms with Crippen LogP contribution in [-0.2, 0) is 9.59 Å². The van der Waals surface area contributed by atoms with E-state index in [1.54, 1.807) is 7.05 Å². The van der Waals surface area contributed by atoms with Gasteiger partial charge in [-0.05, 0) is 5.92 Å². The Labute approximate surface area is 72.7 Å². The first-order chi connectivity index (χ1) is 5.50. The lowest BCUT2D eigenvalue weighted by Crippen LogP contribution is -2.45. The van der Waals surface area contributed by atoms with E-state index < -0.39 is 6.04 Å². The van der Waals surface area contributed by atoms with Gasteiger partial charge in [-0.3, -0.25) is 4.79 Å². The lowest BCUT2D eigenvalue weighted by atomic mass is 10.0. The van der Waals surface area contributed by atoms with Crippen molar-refractivity contribution in [1.82, 2.24) is 4.90 Å². The average molecular weight is 172 g/mol. The molecule has 0 spiro atoms. The van der Waals surface area contributed by atoms with Gasteiger partial charge in [0.1, 0.15) is 6.29 Å². The molecule has 0 aliphatic heterocycles. The zero-order valence-corrected chi connectivity index (χ0v) is 7.78. The summed E-state index contributed by atoms with van der Waals surface area (Å²) in [4.78, 5) is 22.7. The lowest BCUT2D eigenvalue weighted by molar-refractivity contribution is -0.133. The van der Waals surface area contributed by atoms with E-state index in [2.05, 4.69) is 0 Å². The standard InChI is InChI=1S/C8H16N2O2/c1-6(2)7(9)8(12)10(3)4-5-11/h5-7H,4,9H2,1-3H3. The van der Waals surface area contributed by atoms with Crippen molar-refractivity contribution < 1.29 is 9.59 Å². The molecule has 2 N–H and O–H groups in total. The van der Waals surface area contributed by atoms with Crippen molar-refractivity contribution in [2.45, 2.75) is 19.9 Å². The maximum absolute atomic E-state index is 11.3. The molecule has 0 heterocycles. The van der Waals surface area contributed by atoms with E-state index in [1.807, 2.05) is 13.8 Å². The first kappa shape index (κ1) is 11.1. The van der Waals surface area contributed by atoms with Gasteiger partial charge in [0.15, 0.2) is 0 Å². The van der Waals surface area contributed by atoms with Crippen LogP contribution < -0.4 is 5.73 Å². The lowest BCUT2D eigenvalue weighted by Gasteiger charge is -2.21. The summed E-state index contributed by atoms with van der Waals surface area (Å²) in [6, 6.07) is -0.505. The number of hydrogen-bond acceptors (Lipinski definition) is 3. The highest BCUT2D eigenvalue weighted by molar-refractivity contribution is 5.83. The normalized spacial score (nSPS) is 12.8. The Morgan fingerprint density at radius 1 is 1.58 bits per heavy atom. The molecule has 12 heavy (non-hydrogen) atoms. The number of carbonyl (C=O) groups excluding carboxylic acids is 2. The Balaban J connectivity index is 4.08. The summed E-state index contributed by atoms with van der Waals surface area (Å²) in [7, 11) is 1.57. The van der Waals surface area contributed by atoms with Gasteiger partial charge in [-0.2, -0.15) is 0 Å². The number of hydrogen-bond donors (Lipinski definition) is 1. The van der Waals surface area contributed by atoms with Gasteiger partial charge in [0.2, 0.25) is 5.91 Å². The molecule has 0 aromatic carbocycles. The van der Waals surface area contributed by atoms with E-state index in [1.165, 1.54) is 4.90 Å². The quantitative estimate of drug-likeness (QED) is 0.588. The van der Waals surface area contributed by atoms with E-state index in [-0.39, 0.29) is 18.4 Å². The molecular weight excluding hydrogens is 156 g/mol. The van der Waals surface area contributed by atoms with Gasteiger partial charge in [-0.1, -0.05) is 13.8 Å². The van der Waals surface area contributed by atoms with Gasteiger partial charge in [0.05, 0.1) is 12.6 Å². The molecule has 4 nitrogen and oxygen atoms in total. The molecule has 0 aromatic heterocycles. The minimum atomic E-state index is -0.505. The maximum atomic E-state index is 11.3. The zero-order chi connectivity index (χ0) is 9.72. The van der Waals surface area contributed by atoms with E-state index in [9.17, 15) is 9.59 Å². The molecule has 0 aliphatic rings. The summed E-state index contributed by atoms with van der Waals surface area (Å²) in [5.74, 6) is -0.0799. The highest BCUT2D eigenvalue weighted by Crippen LogP contribution is 2.01. The van der Waals surface area contributed by atoms with E-state index in [4.69, 9.17) is 5.73 Å². The number of aldehydes is 1. The molecule has 0 rings (SSSR count). The predicted octanol–water partition coefficient (Wildman–Crippen LogP) is -0.373. The summed E-state index contributed by atoms with van der Waals surface area (Å²) >= 11 is 0. The van der Waals surface area contributed by atoms with Crippen LogP contribution in [-0.4, -0.2) is 36.7 Å². The van der Waals surface area contributed by atoms with Crippen LogP contribution in [0.15, 0.2) is 0 Å². The summed E-state index contributed by atoms with van der Waals surface area (Å²) in [5.41, 5.74) is 5.58. The molecular formula is C8H16N2O2. The summed E-state index contributed by atoms with van der Waals surface area (Å²) in [5, 5.41) is 0. The second-order valence-corrected chi connectivity index (χ2v) is 3.16. The molecule has 1 atom stereocenters. The summed E-state index contributed by atoms with van der Waals surface area (Å²) < 4.78 is 0. The third kappa shape index (κ3) is 3.00. The van der Waals surface area contributed by atoms with E-state index >= 15 is 0 Å². The average Bonchev–Trinajstić information content (AvgIpc) is 2.02. The molecule has 0 aromatic rings. The number of rotatable bonds is 4. The Morgan fingerprint density at radius 3 is 2.42 bits per heavy atom. The third-order valence-corrected chi connectivity index (χ3v) is 1.73. The van der Waals surface area contributed by atoms with Crippen molar-refractivity contribution in [2.75, 3.05) is 13.6 Å². The third-order valence-electron chi connectivity index (χ3n) is 1.73. The van der Waals surface area contributed by atoms with Crippen molar-refractivity contribution in [3.8, 4) is 0 Å². The molecule has 0 saturated carbocycles. The number of carbonyl (C=O) groups is 2. The molecule has 1 amide bonds. The Kier molecular flexibility index (Phi) is 4.51. The first-order valence-corrected chi connectivity index (χ1v) is 3.95. The smallest absolute Gasteiger partial charge is 0.239 e. The minimum Gasteiger partial charge on any atom is -0.337 e. The molecule has 0 saturated heterocycles. The van der Waals surface area contributed by atoms with Gasteiger partial charge < -0.3 is 15.4 Å². The van der Waals surface area contributed by atoms with Gasteiger partial charge in [0, 0.05) is 7.05 Å². The van der Waals surface area contributed by atoms with Crippen molar-refractivity contribution in [3.63, 3.8) is 0 Å². The molecule has 0 bridgehead atoms. The zero-order valence-electron chi connectivity index (χ0n) is 7.78. The van der Waals surface area contributed by atoms with Crippen LogP contribution in [0.4, 0.5) is 0 Å². The Bertz CT molecular complexity index is 168. The molecule has 0 radical (unpaired) electrons. The van der Waals surface area contributed by atoms with Crippen LogP contribution in [0, 0.1) is 5.92 Å². The molecule has 70 valence electrons. The van der Waals surface area contributed by atoms with Crippen molar-refractivity contribution >= 4 is 12.2 Å². The van der Waals surface area contributed by atoms with Gasteiger partial charge in [-0.25, -0.2) is 0 Å². The number of nitrogens with zero attached hydrogens (tertiary/aromatic N) is 1. The monoisotopic (exact) mass is 172 g/mol. The van der Waals surface area contributed by atoms with Crippen LogP contribution in [0.5, 0.6) is 0 Å². The van der Waals surface area contributed by atoms with Crippen LogP contribution >= 0.6 is 0 Å². The van der Waals surface area contributed by atoms with Crippen LogP contribution in [0.25, 0.3) is 0 Å². The molecule has 0 aliphatic carbocycles. The molecule has 4 heteroatoms. The maximum Gasteiger partial charge on any atom is 0.239 e.